The molecule has 0 spiro atoms. The molecule has 1 aliphatic rings. The minimum Gasteiger partial charge on any atom is -0.443 e. The van der Waals surface area contributed by atoms with Crippen LogP contribution in [0.3, 0.4) is 0 Å². The van der Waals surface area contributed by atoms with Crippen molar-refractivity contribution in [3.63, 3.8) is 0 Å². The number of likely N-dealkylation sites (N-methyl/N-ethyl adjacent to an activating group) is 1. The normalized spacial score (nSPS) is 18.1. The molecule has 2 aromatic rings. The van der Waals surface area contributed by atoms with Crippen LogP contribution in [-0.4, -0.2) is 53.5 Å². The van der Waals surface area contributed by atoms with Gasteiger partial charge in [0.1, 0.15) is 12.4 Å². The van der Waals surface area contributed by atoms with Crippen molar-refractivity contribution in [1.29, 1.82) is 0 Å². The number of amides is 1. The van der Waals surface area contributed by atoms with Crippen molar-refractivity contribution in [2.24, 2.45) is 11.8 Å². The van der Waals surface area contributed by atoms with Crippen LogP contribution in [0.5, 0.6) is 0 Å². The van der Waals surface area contributed by atoms with Gasteiger partial charge >= 0.3 is 6.09 Å². The zero-order valence-electron chi connectivity index (χ0n) is 23.7. The quantitative estimate of drug-likeness (QED) is 0.146. The van der Waals surface area contributed by atoms with Crippen molar-refractivity contribution in [3.8, 4) is 0 Å². The van der Waals surface area contributed by atoms with Gasteiger partial charge in [0, 0.05) is 24.2 Å². The fraction of sp³-hybridized carbons (Fsp3) is 0.581. The summed E-state index contributed by atoms with van der Waals surface area (Å²) in [5, 5.41) is 10.4. The second-order valence-corrected chi connectivity index (χ2v) is 10.4. The molecule has 0 saturated heterocycles. The van der Waals surface area contributed by atoms with Crippen LogP contribution in [-0.2, 0) is 22.7 Å². The van der Waals surface area contributed by atoms with Crippen LogP contribution >= 0.6 is 0 Å². The molecular weight excluding hydrogens is 521 g/mol. The fourth-order valence-electron chi connectivity index (χ4n) is 5.87. The maximum atomic E-state index is 14.4. The number of ether oxygens (including phenoxy) is 1. The molecule has 3 unspecified atom stereocenters. The van der Waals surface area contributed by atoms with Crippen LogP contribution in [0.1, 0.15) is 69.9 Å². The second kappa shape index (κ2) is 16.6. The number of halogens is 3. The van der Waals surface area contributed by atoms with Crippen LogP contribution in [0, 0.1) is 29.3 Å². The Morgan fingerprint density at radius 1 is 1.05 bits per heavy atom. The predicted octanol–water partition coefficient (Wildman–Crippen LogP) is 6.85. The molecule has 2 aromatic carbocycles. The largest absolute Gasteiger partial charge is 0.443 e. The highest BCUT2D eigenvalue weighted by atomic mass is 19.2. The number of hydrogen-bond acceptors (Lipinski definition) is 5. The first-order chi connectivity index (χ1) is 19.4. The highest BCUT2D eigenvalue weighted by Gasteiger charge is 2.33. The van der Waals surface area contributed by atoms with Gasteiger partial charge in [-0.1, -0.05) is 63.4 Å². The summed E-state index contributed by atoms with van der Waals surface area (Å²) in [7, 11) is 0. The van der Waals surface area contributed by atoms with E-state index < -0.39 is 30.1 Å². The average molecular weight is 565 g/mol. The Kier molecular flexibility index (Phi) is 13.2. The Balaban J connectivity index is 1.63. The average Bonchev–Trinajstić information content (AvgIpc) is 2.97. The number of carbonyl (C=O) groups excluding carboxylic acids is 1. The second-order valence-electron chi connectivity index (χ2n) is 10.4. The molecule has 1 N–H and O–H groups in total. The first-order valence-corrected chi connectivity index (χ1v) is 14.5. The molecule has 0 heterocycles. The highest BCUT2D eigenvalue weighted by Crippen LogP contribution is 2.37. The van der Waals surface area contributed by atoms with Crippen molar-refractivity contribution in [3.05, 3.63) is 71.0 Å². The number of carbonyl (C=O) groups is 1. The molecule has 1 aliphatic carbocycles. The topological polar surface area (TPSA) is 62.2 Å². The van der Waals surface area contributed by atoms with Gasteiger partial charge in [0.2, 0.25) is 0 Å². The molecule has 6 nitrogen and oxygen atoms in total. The molecule has 1 amide bonds. The number of rotatable bonds is 15. The lowest BCUT2D eigenvalue weighted by Crippen LogP contribution is -2.46. The lowest BCUT2D eigenvalue weighted by atomic mass is 9.73. The Morgan fingerprint density at radius 2 is 1.77 bits per heavy atom. The summed E-state index contributed by atoms with van der Waals surface area (Å²) < 4.78 is 47.0. The van der Waals surface area contributed by atoms with Gasteiger partial charge in [-0.25, -0.2) is 18.0 Å². The van der Waals surface area contributed by atoms with Gasteiger partial charge in [-0.3, -0.25) is 9.74 Å². The van der Waals surface area contributed by atoms with Crippen molar-refractivity contribution >= 4 is 6.09 Å². The van der Waals surface area contributed by atoms with Crippen LogP contribution in [0.25, 0.3) is 0 Å². The van der Waals surface area contributed by atoms with Crippen LogP contribution in [0.15, 0.2) is 42.5 Å². The van der Waals surface area contributed by atoms with E-state index in [9.17, 15) is 23.1 Å². The lowest BCUT2D eigenvalue weighted by molar-refractivity contribution is -0.146. The van der Waals surface area contributed by atoms with Crippen LogP contribution < -0.4 is 0 Å². The van der Waals surface area contributed by atoms with E-state index in [-0.39, 0.29) is 25.4 Å². The maximum absolute atomic E-state index is 14.4. The zero-order valence-corrected chi connectivity index (χ0v) is 23.7. The molecule has 9 heteroatoms. The first-order valence-electron chi connectivity index (χ1n) is 14.5. The molecule has 3 atom stereocenters. The molecule has 40 heavy (non-hydrogen) atoms. The van der Waals surface area contributed by atoms with Crippen molar-refractivity contribution in [2.75, 3.05) is 26.3 Å². The number of benzene rings is 2. The van der Waals surface area contributed by atoms with Gasteiger partial charge in [-0.05, 0) is 55.7 Å². The predicted molar refractivity (Wildman–Crippen MR) is 148 cm³/mol. The summed E-state index contributed by atoms with van der Waals surface area (Å²) in [6.45, 7) is 5.81. The molecule has 0 bridgehead atoms. The van der Waals surface area contributed by atoms with E-state index in [1.807, 2.05) is 18.2 Å². The Morgan fingerprint density at radius 3 is 2.48 bits per heavy atom. The molecule has 222 valence electrons. The van der Waals surface area contributed by atoms with Gasteiger partial charge in [-0.15, -0.1) is 0 Å². The zero-order chi connectivity index (χ0) is 28.9. The van der Waals surface area contributed by atoms with Crippen molar-refractivity contribution in [1.82, 2.24) is 9.96 Å². The third-order valence-electron chi connectivity index (χ3n) is 7.95. The first kappa shape index (κ1) is 31.9. The van der Waals surface area contributed by atoms with Gasteiger partial charge < -0.3 is 9.84 Å². The van der Waals surface area contributed by atoms with Crippen LogP contribution in [0.4, 0.5) is 18.0 Å². The summed E-state index contributed by atoms with van der Waals surface area (Å²) >= 11 is 0. The number of nitrogens with zero attached hydrogens (tertiary/aromatic N) is 2. The van der Waals surface area contributed by atoms with Gasteiger partial charge in [0.05, 0.1) is 19.8 Å². The maximum Gasteiger partial charge on any atom is 0.434 e. The summed E-state index contributed by atoms with van der Waals surface area (Å²) in [5.74, 6) is -2.49. The summed E-state index contributed by atoms with van der Waals surface area (Å²) in [6, 6.07) is 10.7. The number of hydroxylamine groups is 2. The molecule has 0 aromatic heterocycles. The van der Waals surface area contributed by atoms with E-state index in [1.54, 1.807) is 12.1 Å². The SMILES string of the molecule is CCC(CCCON(Cc1cc(F)c(F)cc1F)C(=O)OCc1ccccc1)C1CCCCC1N(CC)CCO. The summed E-state index contributed by atoms with van der Waals surface area (Å²) in [4.78, 5) is 21.1. The van der Waals surface area contributed by atoms with E-state index >= 15 is 0 Å². The molecular formula is C31H43F3N2O4. The minimum atomic E-state index is -1.30. The van der Waals surface area contributed by atoms with Gasteiger partial charge in [-0.2, -0.15) is 5.06 Å². The Labute approximate surface area is 236 Å². The van der Waals surface area contributed by atoms with Gasteiger partial charge in [0.15, 0.2) is 11.6 Å². The molecule has 0 aliphatic heterocycles. The molecule has 0 radical (unpaired) electrons. The summed E-state index contributed by atoms with van der Waals surface area (Å²) in [6.07, 6.45) is 6.41. The van der Waals surface area contributed by atoms with Crippen molar-refractivity contribution in [2.45, 2.75) is 78.0 Å². The minimum absolute atomic E-state index is 0.0114. The van der Waals surface area contributed by atoms with Crippen molar-refractivity contribution < 1.29 is 32.6 Å². The standard InChI is InChI=1S/C31H43F3N2O4/c1-3-24(26-14-8-9-15-30(26)35(4-2)16-17-37)13-10-18-40-36(21-25-19-28(33)29(34)20-27(25)32)31(38)39-22-23-11-6-5-7-12-23/h5-7,11-12,19-20,24,26,30,37H,3-4,8-10,13-18,21-22H2,1-2H3. The van der Waals surface area contributed by atoms with E-state index in [0.717, 1.165) is 48.9 Å². The fourth-order valence-corrected chi connectivity index (χ4v) is 5.87. The molecule has 3 rings (SSSR count). The molecule has 1 fully saturated rings. The van der Waals surface area contributed by atoms with E-state index in [0.29, 0.717) is 36.9 Å². The molecule has 1 saturated carbocycles. The Hall–Kier alpha value is -2.62. The number of hydrogen-bond donors (Lipinski definition) is 1. The van der Waals surface area contributed by atoms with Crippen LogP contribution in [0.2, 0.25) is 0 Å². The summed E-state index contributed by atoms with van der Waals surface area (Å²) in [5.41, 5.74) is 0.556. The van der Waals surface area contributed by atoms with E-state index in [2.05, 4.69) is 18.7 Å². The third-order valence-corrected chi connectivity index (χ3v) is 7.95. The smallest absolute Gasteiger partial charge is 0.434 e. The highest BCUT2D eigenvalue weighted by molar-refractivity contribution is 5.66. The monoisotopic (exact) mass is 564 g/mol. The third kappa shape index (κ3) is 9.21. The van der Waals surface area contributed by atoms with E-state index in [1.165, 1.54) is 12.8 Å². The Bertz CT molecular complexity index is 1040. The van der Waals surface area contributed by atoms with E-state index in [4.69, 9.17) is 9.57 Å². The van der Waals surface area contributed by atoms with Gasteiger partial charge in [0.25, 0.3) is 0 Å². The number of aliphatic hydroxyl groups excluding tert-OH is 1. The number of aliphatic hydroxyl groups is 1. The lowest BCUT2D eigenvalue weighted by Gasteiger charge is -2.43.